The third-order valence-corrected chi connectivity index (χ3v) is 4.98. The number of benzene rings is 2. The van der Waals surface area contributed by atoms with Crippen LogP contribution in [0, 0.1) is 0 Å². The third-order valence-electron chi connectivity index (χ3n) is 4.98. The number of alkyl halides is 3. The highest BCUT2D eigenvalue weighted by atomic mass is 19.4. The lowest BCUT2D eigenvalue weighted by atomic mass is 10.0. The minimum absolute atomic E-state index is 0.109. The molecule has 1 heterocycles. The van der Waals surface area contributed by atoms with Gasteiger partial charge in [0.15, 0.2) is 0 Å². The maximum absolute atomic E-state index is 13.1. The Labute approximate surface area is 168 Å². The molecule has 29 heavy (non-hydrogen) atoms. The van der Waals surface area contributed by atoms with Crippen molar-refractivity contribution in [3.63, 3.8) is 0 Å². The van der Waals surface area contributed by atoms with Crippen molar-refractivity contribution < 1.29 is 22.7 Å². The van der Waals surface area contributed by atoms with E-state index in [9.17, 15) is 18.0 Å². The number of halogens is 3. The topological polar surface area (TPSA) is 41.6 Å². The fourth-order valence-corrected chi connectivity index (χ4v) is 3.54. The predicted octanol–water partition coefficient (Wildman–Crippen LogP) is 3.86. The van der Waals surface area contributed by atoms with E-state index in [2.05, 4.69) is 10.2 Å². The maximum Gasteiger partial charge on any atom is 0.416 e. The Hall–Kier alpha value is -2.38. The van der Waals surface area contributed by atoms with Gasteiger partial charge in [-0.2, -0.15) is 13.2 Å². The fourth-order valence-electron chi connectivity index (χ4n) is 3.54. The first kappa shape index (κ1) is 21.3. The van der Waals surface area contributed by atoms with Crippen LogP contribution < -0.4 is 10.1 Å². The van der Waals surface area contributed by atoms with Crippen LogP contribution in [0.3, 0.4) is 0 Å². The zero-order valence-electron chi connectivity index (χ0n) is 16.3. The van der Waals surface area contributed by atoms with Crippen molar-refractivity contribution in [2.24, 2.45) is 0 Å². The van der Waals surface area contributed by atoms with E-state index in [0.717, 1.165) is 24.7 Å². The third kappa shape index (κ3) is 6.05. The van der Waals surface area contributed by atoms with Crippen molar-refractivity contribution in [2.45, 2.75) is 25.6 Å². The molecule has 3 rings (SSSR count). The molecular formula is C22H25F3N2O2. The zero-order chi connectivity index (χ0) is 20.9. The number of nitrogens with zero attached hydrogens (tertiary/aromatic N) is 1. The van der Waals surface area contributed by atoms with Crippen molar-refractivity contribution in [1.82, 2.24) is 10.2 Å². The first-order chi connectivity index (χ1) is 13.8. The molecule has 4 nitrogen and oxygen atoms in total. The highest BCUT2D eigenvalue weighted by molar-refractivity contribution is 5.78. The van der Waals surface area contributed by atoms with Crippen molar-refractivity contribution >= 4 is 5.78 Å². The molecule has 1 aliphatic rings. The minimum atomic E-state index is -4.35. The van der Waals surface area contributed by atoms with E-state index in [4.69, 9.17) is 4.74 Å². The van der Waals surface area contributed by atoms with Gasteiger partial charge in [0, 0.05) is 38.6 Å². The van der Waals surface area contributed by atoms with Crippen LogP contribution in [0.2, 0.25) is 0 Å². The van der Waals surface area contributed by atoms with Crippen molar-refractivity contribution in [3.05, 3.63) is 65.2 Å². The molecule has 7 heteroatoms. The second-order valence-corrected chi connectivity index (χ2v) is 7.25. The molecule has 0 amide bonds. The summed E-state index contributed by atoms with van der Waals surface area (Å²) < 4.78 is 45.0. The molecule has 1 unspecified atom stereocenters. The Bertz CT molecular complexity index is 822. The van der Waals surface area contributed by atoms with Crippen LogP contribution in [-0.4, -0.2) is 43.5 Å². The number of Topliss-reactive ketones (excluding diaryl/α,β-unsaturated/α-hetero) is 1. The number of ketones is 1. The van der Waals surface area contributed by atoms with E-state index in [1.807, 2.05) is 24.3 Å². The van der Waals surface area contributed by atoms with Gasteiger partial charge in [0.1, 0.15) is 18.1 Å². The molecule has 2 aromatic carbocycles. The standard InChI is InChI=1S/C22H25F3N2O2/c1-16(28)13-17-5-7-20(8-6-17)29-12-11-27-10-9-26-15-21(27)18-3-2-4-19(14-18)22(23,24)25/h2-8,14,21,26H,9-13,15H2,1H3. The maximum atomic E-state index is 13.1. The van der Waals surface area contributed by atoms with Crippen LogP contribution in [0.4, 0.5) is 13.2 Å². The average Bonchev–Trinajstić information content (AvgIpc) is 2.69. The summed E-state index contributed by atoms with van der Waals surface area (Å²) in [6.07, 6.45) is -3.94. The largest absolute Gasteiger partial charge is 0.492 e. The predicted molar refractivity (Wildman–Crippen MR) is 105 cm³/mol. The molecule has 0 aromatic heterocycles. The first-order valence-electron chi connectivity index (χ1n) is 9.66. The van der Waals surface area contributed by atoms with Gasteiger partial charge in [-0.25, -0.2) is 0 Å². The SMILES string of the molecule is CC(=O)Cc1ccc(OCCN2CCNCC2c2cccc(C(F)(F)F)c2)cc1. The van der Waals surface area contributed by atoms with Gasteiger partial charge in [-0.3, -0.25) is 9.69 Å². The van der Waals surface area contributed by atoms with Crippen LogP contribution in [0.25, 0.3) is 0 Å². The summed E-state index contributed by atoms with van der Waals surface area (Å²) in [5, 5.41) is 3.26. The van der Waals surface area contributed by atoms with Crippen molar-refractivity contribution in [2.75, 3.05) is 32.8 Å². The molecule has 0 spiro atoms. The number of rotatable bonds is 7. The van der Waals surface area contributed by atoms with Gasteiger partial charge in [0.25, 0.3) is 0 Å². The van der Waals surface area contributed by atoms with Crippen LogP contribution in [-0.2, 0) is 17.4 Å². The molecule has 1 fully saturated rings. The monoisotopic (exact) mass is 406 g/mol. The minimum Gasteiger partial charge on any atom is -0.492 e. The number of hydrogen-bond donors (Lipinski definition) is 1. The number of ether oxygens (including phenoxy) is 1. The van der Waals surface area contributed by atoms with Crippen LogP contribution >= 0.6 is 0 Å². The lowest BCUT2D eigenvalue weighted by Crippen LogP contribution is -2.47. The normalized spacial score (nSPS) is 17.9. The molecular weight excluding hydrogens is 381 g/mol. The number of hydrogen-bond acceptors (Lipinski definition) is 4. The highest BCUT2D eigenvalue weighted by Crippen LogP contribution is 2.32. The Morgan fingerprint density at radius 2 is 1.97 bits per heavy atom. The Morgan fingerprint density at radius 1 is 1.21 bits per heavy atom. The van der Waals surface area contributed by atoms with Crippen LogP contribution in [0.1, 0.15) is 29.7 Å². The van der Waals surface area contributed by atoms with Gasteiger partial charge in [-0.1, -0.05) is 24.3 Å². The fraction of sp³-hybridized carbons (Fsp3) is 0.409. The summed E-state index contributed by atoms with van der Waals surface area (Å²) in [5.41, 5.74) is 0.972. The van der Waals surface area contributed by atoms with Gasteiger partial charge in [0.2, 0.25) is 0 Å². The first-order valence-corrected chi connectivity index (χ1v) is 9.66. The number of nitrogens with one attached hydrogen (secondary N) is 1. The molecule has 1 aliphatic heterocycles. The second-order valence-electron chi connectivity index (χ2n) is 7.25. The molecule has 0 bridgehead atoms. The van der Waals surface area contributed by atoms with Crippen molar-refractivity contribution in [1.29, 1.82) is 0 Å². The molecule has 1 atom stereocenters. The highest BCUT2D eigenvalue weighted by Gasteiger charge is 2.32. The molecule has 0 aliphatic carbocycles. The molecule has 1 N–H and O–H groups in total. The average molecular weight is 406 g/mol. The molecule has 0 saturated carbocycles. The van der Waals surface area contributed by atoms with E-state index < -0.39 is 11.7 Å². The molecule has 2 aromatic rings. The summed E-state index contributed by atoms with van der Waals surface area (Å²) >= 11 is 0. The van der Waals surface area contributed by atoms with Crippen LogP contribution in [0.15, 0.2) is 48.5 Å². The molecule has 156 valence electrons. The summed E-state index contributed by atoms with van der Waals surface area (Å²) in [4.78, 5) is 13.3. The Kier molecular flexibility index (Phi) is 6.92. The van der Waals surface area contributed by atoms with E-state index >= 15 is 0 Å². The van der Waals surface area contributed by atoms with E-state index in [1.54, 1.807) is 13.0 Å². The summed E-state index contributed by atoms with van der Waals surface area (Å²) in [7, 11) is 0. The van der Waals surface area contributed by atoms with Gasteiger partial charge in [-0.05, 0) is 42.3 Å². The zero-order valence-corrected chi connectivity index (χ0v) is 16.3. The van der Waals surface area contributed by atoms with Crippen LogP contribution in [0.5, 0.6) is 5.75 Å². The summed E-state index contributed by atoms with van der Waals surface area (Å²) in [6, 6.07) is 12.8. The lowest BCUT2D eigenvalue weighted by molar-refractivity contribution is -0.137. The summed E-state index contributed by atoms with van der Waals surface area (Å²) in [5.74, 6) is 0.820. The smallest absolute Gasteiger partial charge is 0.416 e. The Balaban J connectivity index is 1.60. The number of piperazine rings is 1. The van der Waals surface area contributed by atoms with Crippen molar-refractivity contribution in [3.8, 4) is 5.75 Å². The molecule has 0 radical (unpaired) electrons. The van der Waals surface area contributed by atoms with Gasteiger partial charge < -0.3 is 10.1 Å². The lowest BCUT2D eigenvalue weighted by Gasteiger charge is -2.36. The van der Waals surface area contributed by atoms with Gasteiger partial charge in [-0.15, -0.1) is 0 Å². The van der Waals surface area contributed by atoms with Gasteiger partial charge in [0.05, 0.1) is 5.56 Å². The second kappa shape index (κ2) is 9.41. The molecule has 1 saturated heterocycles. The quantitative estimate of drug-likeness (QED) is 0.758. The van der Waals surface area contributed by atoms with Gasteiger partial charge >= 0.3 is 6.18 Å². The number of carbonyl (C=O) groups is 1. The van der Waals surface area contributed by atoms with E-state index in [0.29, 0.717) is 37.4 Å². The summed E-state index contributed by atoms with van der Waals surface area (Å²) in [6.45, 7) is 4.72. The number of carbonyl (C=O) groups excluding carboxylic acids is 1. The van der Waals surface area contributed by atoms with E-state index in [-0.39, 0.29) is 11.8 Å². The Morgan fingerprint density at radius 3 is 2.66 bits per heavy atom. The van der Waals surface area contributed by atoms with E-state index in [1.165, 1.54) is 12.1 Å².